The first-order valence-corrected chi connectivity index (χ1v) is 11.4. The average molecular weight is 418 g/mol. The zero-order valence-electron chi connectivity index (χ0n) is 18.4. The third-order valence-electron chi connectivity index (χ3n) is 6.92. The molecule has 0 spiro atoms. The van der Waals surface area contributed by atoms with Gasteiger partial charge in [-0.15, -0.1) is 0 Å². The van der Waals surface area contributed by atoms with Crippen molar-refractivity contribution in [2.75, 3.05) is 43.4 Å². The first-order valence-electron chi connectivity index (χ1n) is 11.4. The molecule has 3 heterocycles. The Morgan fingerprint density at radius 2 is 2.00 bits per heavy atom. The molecule has 6 nitrogen and oxygen atoms in total. The maximum absolute atomic E-state index is 11.7. The number of carbonyl (C=O) groups is 1. The molecule has 0 radical (unpaired) electrons. The van der Waals surface area contributed by atoms with E-state index in [-0.39, 0.29) is 5.91 Å². The molecule has 1 unspecified atom stereocenters. The summed E-state index contributed by atoms with van der Waals surface area (Å²) in [7, 11) is 1.62. The molecule has 31 heavy (non-hydrogen) atoms. The summed E-state index contributed by atoms with van der Waals surface area (Å²) >= 11 is 0. The van der Waals surface area contributed by atoms with Crippen LogP contribution >= 0.6 is 0 Å². The largest absolute Gasteiger partial charge is 0.378 e. The van der Waals surface area contributed by atoms with Gasteiger partial charge >= 0.3 is 0 Å². The number of allylic oxidation sites excluding steroid dienone is 1. The summed E-state index contributed by atoms with van der Waals surface area (Å²) in [6.07, 6.45) is 5.59. The van der Waals surface area contributed by atoms with Crippen LogP contribution in [0.15, 0.2) is 42.1 Å². The van der Waals surface area contributed by atoms with E-state index in [1.807, 2.05) is 12.3 Å². The second kappa shape index (κ2) is 8.35. The van der Waals surface area contributed by atoms with Crippen LogP contribution < -0.4 is 15.5 Å². The Balaban J connectivity index is 1.21. The standard InChI is InChI=1S/C25H31N5O/c1-17-20-4-3-5-21(20)22-8-6-18(14-24(22)28-17)16-29-10-12-30(13-11-29)19-7-9-23(27-15-19)25(31)26-2/h6-9,14-15,17,28H,3-5,10-13,16H2,1-2H3,(H,26,31). The molecule has 6 heteroatoms. The molecule has 1 saturated heterocycles. The van der Waals surface area contributed by atoms with E-state index in [9.17, 15) is 4.79 Å². The Bertz CT molecular complexity index is 1010. The van der Waals surface area contributed by atoms with Crippen LogP contribution in [-0.2, 0) is 6.54 Å². The van der Waals surface area contributed by atoms with Crippen LogP contribution in [0.4, 0.5) is 11.4 Å². The van der Waals surface area contributed by atoms with Gasteiger partial charge in [0.05, 0.1) is 11.9 Å². The highest BCUT2D eigenvalue weighted by Crippen LogP contribution is 2.43. The second-order valence-electron chi connectivity index (χ2n) is 8.85. The molecule has 3 aliphatic rings. The lowest BCUT2D eigenvalue weighted by atomic mass is 9.91. The van der Waals surface area contributed by atoms with Crippen LogP contribution in [0, 0.1) is 0 Å². The summed E-state index contributed by atoms with van der Waals surface area (Å²) in [4.78, 5) is 20.9. The molecule has 0 saturated carbocycles. The number of rotatable bonds is 4. The van der Waals surface area contributed by atoms with E-state index in [1.165, 1.54) is 36.1 Å². The highest BCUT2D eigenvalue weighted by Gasteiger charge is 2.27. The number of carbonyl (C=O) groups excluding carboxylic acids is 1. The third kappa shape index (κ3) is 3.92. The highest BCUT2D eigenvalue weighted by atomic mass is 16.1. The highest BCUT2D eigenvalue weighted by molar-refractivity contribution is 5.92. The molecule has 2 aromatic rings. The molecule has 2 aliphatic heterocycles. The molecule has 0 bridgehead atoms. The molecule has 1 aromatic carbocycles. The van der Waals surface area contributed by atoms with Crippen LogP contribution in [0.3, 0.4) is 0 Å². The fourth-order valence-corrected chi connectivity index (χ4v) is 5.20. The number of piperazine rings is 1. The molecule has 5 rings (SSSR count). The summed E-state index contributed by atoms with van der Waals surface area (Å²) in [6, 6.07) is 11.3. The van der Waals surface area contributed by atoms with E-state index < -0.39 is 0 Å². The quantitative estimate of drug-likeness (QED) is 0.797. The van der Waals surface area contributed by atoms with Crippen molar-refractivity contribution in [2.24, 2.45) is 0 Å². The normalized spacial score (nSPS) is 20.8. The van der Waals surface area contributed by atoms with Crippen molar-refractivity contribution in [3.63, 3.8) is 0 Å². The van der Waals surface area contributed by atoms with E-state index in [1.54, 1.807) is 24.3 Å². The van der Waals surface area contributed by atoms with Crippen LogP contribution in [0.1, 0.15) is 47.8 Å². The van der Waals surface area contributed by atoms with Gasteiger partial charge in [-0.25, -0.2) is 4.98 Å². The predicted molar refractivity (Wildman–Crippen MR) is 125 cm³/mol. The molecule has 1 aromatic heterocycles. The zero-order valence-corrected chi connectivity index (χ0v) is 18.4. The maximum atomic E-state index is 11.7. The number of amides is 1. The first kappa shape index (κ1) is 20.1. The van der Waals surface area contributed by atoms with Crippen LogP contribution in [0.25, 0.3) is 5.57 Å². The van der Waals surface area contributed by atoms with E-state index in [2.05, 4.69) is 50.5 Å². The van der Waals surface area contributed by atoms with Crippen molar-refractivity contribution in [2.45, 2.75) is 38.8 Å². The average Bonchev–Trinajstić information content (AvgIpc) is 3.30. The predicted octanol–water partition coefficient (Wildman–Crippen LogP) is 3.51. The van der Waals surface area contributed by atoms with Crippen LogP contribution in [0.5, 0.6) is 0 Å². The van der Waals surface area contributed by atoms with Crippen molar-refractivity contribution < 1.29 is 4.79 Å². The van der Waals surface area contributed by atoms with Gasteiger partial charge in [0.15, 0.2) is 0 Å². The molecule has 1 aliphatic carbocycles. The molecular weight excluding hydrogens is 386 g/mol. The lowest BCUT2D eigenvalue weighted by Crippen LogP contribution is -2.46. The Hall–Kier alpha value is -2.86. The molecule has 1 atom stereocenters. The number of anilines is 2. The van der Waals surface area contributed by atoms with E-state index in [4.69, 9.17) is 0 Å². The van der Waals surface area contributed by atoms with Gasteiger partial charge in [-0.1, -0.05) is 12.1 Å². The minimum Gasteiger partial charge on any atom is -0.378 e. The van der Waals surface area contributed by atoms with Crippen molar-refractivity contribution in [1.82, 2.24) is 15.2 Å². The van der Waals surface area contributed by atoms with E-state index >= 15 is 0 Å². The topological polar surface area (TPSA) is 60.5 Å². The number of aromatic nitrogens is 1. The fourth-order valence-electron chi connectivity index (χ4n) is 5.20. The van der Waals surface area contributed by atoms with Gasteiger partial charge in [-0.2, -0.15) is 0 Å². The second-order valence-corrected chi connectivity index (χ2v) is 8.85. The number of nitrogens with one attached hydrogen (secondary N) is 2. The Kier molecular flexibility index (Phi) is 5.40. The first-order chi connectivity index (χ1) is 15.1. The number of fused-ring (bicyclic) bond motifs is 2. The molecular formula is C25H31N5O. The summed E-state index contributed by atoms with van der Waals surface area (Å²) in [5, 5.41) is 6.35. The van der Waals surface area contributed by atoms with Gasteiger partial charge in [0.1, 0.15) is 5.69 Å². The number of hydrogen-bond donors (Lipinski definition) is 2. The van der Waals surface area contributed by atoms with Gasteiger partial charge in [0, 0.05) is 57.1 Å². The minimum atomic E-state index is -0.147. The van der Waals surface area contributed by atoms with Crippen LogP contribution in [0.2, 0.25) is 0 Å². The summed E-state index contributed by atoms with van der Waals surface area (Å²) in [5.74, 6) is -0.147. The van der Waals surface area contributed by atoms with Crippen molar-refractivity contribution in [3.05, 3.63) is 58.9 Å². The summed E-state index contributed by atoms with van der Waals surface area (Å²) in [5.41, 5.74) is 8.87. The molecule has 1 amide bonds. The molecule has 2 N–H and O–H groups in total. The number of hydrogen-bond acceptors (Lipinski definition) is 5. The van der Waals surface area contributed by atoms with Crippen LogP contribution in [-0.4, -0.2) is 55.1 Å². The van der Waals surface area contributed by atoms with Crippen molar-refractivity contribution in [1.29, 1.82) is 0 Å². The van der Waals surface area contributed by atoms with Gasteiger partial charge in [-0.05, 0) is 61.1 Å². The van der Waals surface area contributed by atoms with Gasteiger partial charge in [0.25, 0.3) is 5.91 Å². The Morgan fingerprint density at radius 1 is 1.16 bits per heavy atom. The van der Waals surface area contributed by atoms with E-state index in [0.717, 1.165) is 38.4 Å². The van der Waals surface area contributed by atoms with Gasteiger partial charge in [0.2, 0.25) is 0 Å². The van der Waals surface area contributed by atoms with Crippen molar-refractivity contribution in [3.8, 4) is 0 Å². The minimum absolute atomic E-state index is 0.147. The van der Waals surface area contributed by atoms with Gasteiger partial charge < -0.3 is 15.5 Å². The summed E-state index contributed by atoms with van der Waals surface area (Å²) < 4.78 is 0. The third-order valence-corrected chi connectivity index (χ3v) is 6.92. The lowest BCUT2D eigenvalue weighted by Gasteiger charge is -2.36. The van der Waals surface area contributed by atoms with Crippen molar-refractivity contribution >= 4 is 22.9 Å². The maximum Gasteiger partial charge on any atom is 0.269 e. The SMILES string of the molecule is CNC(=O)c1ccc(N2CCN(Cc3ccc4c(c3)NC(C)C3=C4CCC3)CC2)cn1. The molecule has 162 valence electrons. The van der Waals surface area contributed by atoms with Gasteiger partial charge in [-0.3, -0.25) is 9.69 Å². The number of benzene rings is 1. The summed E-state index contributed by atoms with van der Waals surface area (Å²) in [6.45, 7) is 7.26. The zero-order chi connectivity index (χ0) is 21.4. The number of nitrogens with zero attached hydrogens (tertiary/aromatic N) is 3. The lowest BCUT2D eigenvalue weighted by molar-refractivity contribution is 0.0958. The Labute approximate surface area is 184 Å². The smallest absolute Gasteiger partial charge is 0.269 e. The Morgan fingerprint density at radius 3 is 2.74 bits per heavy atom. The fraction of sp³-hybridized carbons (Fsp3) is 0.440. The van der Waals surface area contributed by atoms with E-state index in [0.29, 0.717) is 11.7 Å². The number of pyridine rings is 1. The monoisotopic (exact) mass is 417 g/mol. The molecule has 1 fully saturated rings.